The number of carbonyl (C=O) groups is 1. The summed E-state index contributed by atoms with van der Waals surface area (Å²) in [5.41, 5.74) is 0.711. The summed E-state index contributed by atoms with van der Waals surface area (Å²) in [5, 5.41) is 12.5. The zero-order valence-electron chi connectivity index (χ0n) is 10.0. The third kappa shape index (κ3) is 3.46. The molecule has 0 unspecified atom stereocenters. The first-order valence-electron chi connectivity index (χ1n) is 5.93. The average Bonchev–Trinajstić information content (AvgIpc) is 3.12. The van der Waals surface area contributed by atoms with E-state index in [4.69, 9.17) is 0 Å². The number of phenols is 1. The third-order valence-electron chi connectivity index (χ3n) is 3.00. The maximum absolute atomic E-state index is 11.8. The molecule has 1 aromatic carbocycles. The van der Waals surface area contributed by atoms with Gasteiger partial charge in [-0.05, 0) is 37.4 Å². The first-order valence-corrected chi connectivity index (χ1v) is 5.93. The number of amides is 1. The molecule has 0 heterocycles. The number of likely N-dealkylation sites (N-methyl/N-ethyl adjacent to an activating group) is 1. The quantitative estimate of drug-likeness (QED) is 0.808. The Labute approximate surface area is 101 Å². The van der Waals surface area contributed by atoms with Crippen LogP contribution in [0.5, 0.6) is 5.75 Å². The zero-order chi connectivity index (χ0) is 12.3. The van der Waals surface area contributed by atoms with E-state index in [1.807, 2.05) is 0 Å². The number of phenolic OH excluding ortho intramolecular Hbond substituents is 1. The molecule has 0 atom stereocenters. The zero-order valence-corrected chi connectivity index (χ0v) is 10.0. The predicted molar refractivity (Wildman–Crippen MR) is 67.1 cm³/mol. The van der Waals surface area contributed by atoms with Gasteiger partial charge in [0.05, 0.1) is 6.54 Å². The lowest BCUT2D eigenvalue weighted by atomic mass is 10.3. The number of aromatic hydroxyl groups is 1. The van der Waals surface area contributed by atoms with Crippen LogP contribution in [0.25, 0.3) is 0 Å². The van der Waals surface area contributed by atoms with Crippen molar-refractivity contribution in [1.82, 2.24) is 5.32 Å². The summed E-state index contributed by atoms with van der Waals surface area (Å²) in [5.74, 6) is 0.957. The highest BCUT2D eigenvalue weighted by Gasteiger charge is 2.21. The monoisotopic (exact) mass is 234 g/mol. The van der Waals surface area contributed by atoms with E-state index in [-0.39, 0.29) is 11.7 Å². The SMILES string of the molecule is CN(C(=O)CNCC1CC1)c1cccc(O)c1. The number of anilines is 1. The predicted octanol–water partition coefficient (Wildman–Crippen LogP) is 1.35. The van der Waals surface area contributed by atoms with E-state index in [0.717, 1.165) is 12.5 Å². The fraction of sp³-hybridized carbons (Fsp3) is 0.462. The highest BCUT2D eigenvalue weighted by molar-refractivity contribution is 5.94. The Morgan fingerprint density at radius 3 is 2.94 bits per heavy atom. The Morgan fingerprint density at radius 2 is 2.29 bits per heavy atom. The molecule has 0 spiro atoms. The molecule has 1 fully saturated rings. The Hall–Kier alpha value is -1.55. The maximum atomic E-state index is 11.8. The molecular formula is C13H18N2O2. The summed E-state index contributed by atoms with van der Waals surface area (Å²) in [6.45, 7) is 1.28. The smallest absolute Gasteiger partial charge is 0.240 e. The number of hydrogen-bond acceptors (Lipinski definition) is 3. The molecule has 1 saturated carbocycles. The Kier molecular flexibility index (Phi) is 3.64. The summed E-state index contributed by atoms with van der Waals surface area (Å²) in [6, 6.07) is 6.70. The van der Waals surface area contributed by atoms with Gasteiger partial charge in [-0.25, -0.2) is 0 Å². The van der Waals surface area contributed by atoms with E-state index in [1.54, 1.807) is 36.2 Å². The van der Waals surface area contributed by atoms with E-state index >= 15 is 0 Å². The van der Waals surface area contributed by atoms with E-state index in [9.17, 15) is 9.90 Å². The molecule has 0 saturated heterocycles. The van der Waals surface area contributed by atoms with Crippen LogP contribution < -0.4 is 10.2 Å². The van der Waals surface area contributed by atoms with Crippen LogP contribution in [0.15, 0.2) is 24.3 Å². The number of nitrogens with zero attached hydrogens (tertiary/aromatic N) is 1. The van der Waals surface area contributed by atoms with Gasteiger partial charge in [-0.15, -0.1) is 0 Å². The van der Waals surface area contributed by atoms with Gasteiger partial charge in [0.2, 0.25) is 5.91 Å². The van der Waals surface area contributed by atoms with Crippen LogP contribution in [0.4, 0.5) is 5.69 Å². The minimum atomic E-state index is 0.0104. The van der Waals surface area contributed by atoms with Crippen molar-refractivity contribution >= 4 is 11.6 Å². The third-order valence-corrected chi connectivity index (χ3v) is 3.00. The Balaban J connectivity index is 1.84. The second-order valence-electron chi connectivity index (χ2n) is 4.55. The Morgan fingerprint density at radius 1 is 1.53 bits per heavy atom. The number of benzene rings is 1. The van der Waals surface area contributed by atoms with E-state index in [0.29, 0.717) is 12.2 Å². The lowest BCUT2D eigenvalue weighted by Gasteiger charge is -2.17. The van der Waals surface area contributed by atoms with E-state index < -0.39 is 0 Å². The van der Waals surface area contributed by atoms with Crippen LogP contribution in [-0.2, 0) is 4.79 Å². The second kappa shape index (κ2) is 5.19. The molecular weight excluding hydrogens is 216 g/mol. The van der Waals surface area contributed by atoms with Gasteiger partial charge in [0, 0.05) is 18.8 Å². The number of nitrogens with one attached hydrogen (secondary N) is 1. The first kappa shape index (κ1) is 11.9. The molecule has 17 heavy (non-hydrogen) atoms. The van der Waals surface area contributed by atoms with Gasteiger partial charge in [0.1, 0.15) is 5.75 Å². The minimum Gasteiger partial charge on any atom is -0.508 e. The highest BCUT2D eigenvalue weighted by Crippen LogP contribution is 2.27. The molecule has 4 nitrogen and oxygen atoms in total. The van der Waals surface area contributed by atoms with Crippen LogP contribution in [0.2, 0.25) is 0 Å². The summed E-state index contributed by atoms with van der Waals surface area (Å²) in [7, 11) is 1.72. The molecule has 1 aromatic rings. The summed E-state index contributed by atoms with van der Waals surface area (Å²) >= 11 is 0. The van der Waals surface area contributed by atoms with Gasteiger partial charge in [0.15, 0.2) is 0 Å². The number of hydrogen-bond donors (Lipinski definition) is 2. The van der Waals surface area contributed by atoms with Gasteiger partial charge >= 0.3 is 0 Å². The normalized spacial score (nSPS) is 14.6. The van der Waals surface area contributed by atoms with Crippen molar-refractivity contribution in [3.8, 4) is 5.75 Å². The Bertz CT molecular complexity index is 402. The molecule has 1 aliphatic carbocycles. The van der Waals surface area contributed by atoms with Crippen molar-refractivity contribution in [3.63, 3.8) is 0 Å². The largest absolute Gasteiger partial charge is 0.508 e. The fourth-order valence-electron chi connectivity index (χ4n) is 1.67. The molecule has 2 N–H and O–H groups in total. The lowest BCUT2D eigenvalue weighted by molar-refractivity contribution is -0.117. The fourth-order valence-corrected chi connectivity index (χ4v) is 1.67. The number of rotatable bonds is 5. The molecule has 0 bridgehead atoms. The average molecular weight is 234 g/mol. The summed E-state index contributed by atoms with van der Waals surface area (Å²) in [4.78, 5) is 13.4. The standard InChI is InChI=1S/C13H18N2O2/c1-15(11-3-2-4-12(16)7-11)13(17)9-14-8-10-5-6-10/h2-4,7,10,14,16H,5-6,8-9H2,1H3. The molecule has 0 aliphatic heterocycles. The first-order chi connectivity index (χ1) is 8.16. The van der Waals surface area contributed by atoms with E-state index in [2.05, 4.69) is 5.32 Å². The molecule has 1 aliphatic rings. The van der Waals surface area contributed by atoms with Crippen LogP contribution in [0, 0.1) is 5.92 Å². The van der Waals surface area contributed by atoms with Crippen molar-refractivity contribution in [3.05, 3.63) is 24.3 Å². The molecule has 2 rings (SSSR count). The van der Waals surface area contributed by atoms with Crippen molar-refractivity contribution in [1.29, 1.82) is 0 Å². The van der Waals surface area contributed by atoms with Gasteiger partial charge in [0.25, 0.3) is 0 Å². The molecule has 1 amide bonds. The second-order valence-corrected chi connectivity index (χ2v) is 4.55. The van der Waals surface area contributed by atoms with Crippen LogP contribution in [0.3, 0.4) is 0 Å². The van der Waals surface area contributed by atoms with Crippen molar-refractivity contribution in [2.24, 2.45) is 5.92 Å². The lowest BCUT2D eigenvalue weighted by Crippen LogP contribution is -2.36. The van der Waals surface area contributed by atoms with Crippen molar-refractivity contribution in [2.45, 2.75) is 12.8 Å². The highest BCUT2D eigenvalue weighted by atomic mass is 16.3. The van der Waals surface area contributed by atoms with Crippen LogP contribution >= 0.6 is 0 Å². The van der Waals surface area contributed by atoms with Gasteiger partial charge in [-0.2, -0.15) is 0 Å². The summed E-state index contributed by atoms with van der Waals surface area (Å²) in [6.07, 6.45) is 2.56. The van der Waals surface area contributed by atoms with Crippen molar-refractivity contribution in [2.75, 3.05) is 25.0 Å². The molecule has 0 aromatic heterocycles. The van der Waals surface area contributed by atoms with Gasteiger partial charge in [-0.3, -0.25) is 4.79 Å². The van der Waals surface area contributed by atoms with Crippen LogP contribution in [-0.4, -0.2) is 31.2 Å². The minimum absolute atomic E-state index is 0.0104. The molecule has 0 radical (unpaired) electrons. The number of carbonyl (C=O) groups excluding carboxylic acids is 1. The molecule has 92 valence electrons. The van der Waals surface area contributed by atoms with Crippen molar-refractivity contribution < 1.29 is 9.90 Å². The van der Waals surface area contributed by atoms with Crippen LogP contribution in [0.1, 0.15) is 12.8 Å². The topological polar surface area (TPSA) is 52.6 Å². The van der Waals surface area contributed by atoms with Gasteiger partial charge in [-0.1, -0.05) is 6.07 Å². The van der Waals surface area contributed by atoms with Gasteiger partial charge < -0.3 is 15.3 Å². The van der Waals surface area contributed by atoms with E-state index in [1.165, 1.54) is 12.8 Å². The maximum Gasteiger partial charge on any atom is 0.240 e. The molecule has 4 heteroatoms. The summed E-state index contributed by atoms with van der Waals surface area (Å²) < 4.78 is 0.